The number of thioether (sulfide) groups is 1. The van der Waals surface area contributed by atoms with Crippen LogP contribution >= 0.6 is 11.8 Å². The quantitative estimate of drug-likeness (QED) is 0.294. The summed E-state index contributed by atoms with van der Waals surface area (Å²) in [4.78, 5) is 24.3. The van der Waals surface area contributed by atoms with Crippen molar-refractivity contribution in [3.8, 4) is 0 Å². The molecule has 4 heteroatoms. The van der Waals surface area contributed by atoms with Gasteiger partial charge in [0.1, 0.15) is 0 Å². The van der Waals surface area contributed by atoms with E-state index in [1.807, 2.05) is 38.1 Å². The zero-order chi connectivity index (χ0) is 15.7. The maximum absolute atomic E-state index is 11.8. The summed E-state index contributed by atoms with van der Waals surface area (Å²) in [6.07, 6.45) is 3.14. The Morgan fingerprint density at radius 3 is 2.38 bits per heavy atom. The van der Waals surface area contributed by atoms with E-state index in [2.05, 4.69) is 6.92 Å². The summed E-state index contributed by atoms with van der Waals surface area (Å²) in [5, 5.41) is 0. The predicted molar refractivity (Wildman–Crippen MR) is 86.8 cm³/mol. The molecule has 0 spiro atoms. The molecule has 0 saturated carbocycles. The van der Waals surface area contributed by atoms with Crippen LogP contribution in [-0.4, -0.2) is 24.1 Å². The van der Waals surface area contributed by atoms with Crippen molar-refractivity contribution >= 4 is 23.5 Å². The Morgan fingerprint density at radius 2 is 1.81 bits per heavy atom. The van der Waals surface area contributed by atoms with Gasteiger partial charge in [0.2, 0.25) is 0 Å². The van der Waals surface area contributed by atoms with Crippen LogP contribution in [0.2, 0.25) is 0 Å². The fourth-order valence-corrected chi connectivity index (χ4v) is 2.47. The van der Waals surface area contributed by atoms with Gasteiger partial charge in [0, 0.05) is 16.4 Å². The maximum atomic E-state index is 11.8. The summed E-state index contributed by atoms with van der Waals surface area (Å²) in [6.45, 7) is 6.40. The van der Waals surface area contributed by atoms with Gasteiger partial charge >= 0.3 is 5.97 Å². The number of carbonyl (C=O) groups is 2. The van der Waals surface area contributed by atoms with Crippen molar-refractivity contribution in [2.75, 3.05) is 12.4 Å². The molecule has 1 rings (SSSR count). The Hall–Kier alpha value is -1.29. The van der Waals surface area contributed by atoms with Crippen molar-refractivity contribution in [3.05, 3.63) is 29.8 Å². The molecular weight excluding hydrogens is 284 g/mol. The van der Waals surface area contributed by atoms with Gasteiger partial charge in [-0.3, -0.25) is 9.59 Å². The van der Waals surface area contributed by atoms with Crippen molar-refractivity contribution in [2.24, 2.45) is 5.92 Å². The molecular formula is C17H24O3S. The Balaban J connectivity index is 2.35. The van der Waals surface area contributed by atoms with Gasteiger partial charge in [0.05, 0.1) is 12.4 Å². The molecule has 0 heterocycles. The van der Waals surface area contributed by atoms with Crippen LogP contribution in [0.25, 0.3) is 0 Å². The van der Waals surface area contributed by atoms with E-state index in [1.54, 1.807) is 0 Å². The average Bonchev–Trinajstić information content (AvgIpc) is 2.49. The SMILES string of the molecule is CCCCCOC(=O)CSc1ccc(C(=O)C(C)C)cc1. The van der Waals surface area contributed by atoms with E-state index < -0.39 is 0 Å². The fourth-order valence-electron chi connectivity index (χ4n) is 1.77. The molecule has 0 aliphatic heterocycles. The van der Waals surface area contributed by atoms with Gasteiger partial charge in [-0.2, -0.15) is 0 Å². The van der Waals surface area contributed by atoms with E-state index in [-0.39, 0.29) is 17.7 Å². The number of unbranched alkanes of at least 4 members (excludes halogenated alkanes) is 2. The molecule has 1 aromatic carbocycles. The van der Waals surface area contributed by atoms with Crippen LogP contribution in [0.5, 0.6) is 0 Å². The second-order valence-corrected chi connectivity index (χ2v) is 6.31. The molecule has 0 fully saturated rings. The number of benzene rings is 1. The predicted octanol–water partition coefficient (Wildman–Crippen LogP) is 4.35. The van der Waals surface area contributed by atoms with E-state index >= 15 is 0 Å². The first kappa shape index (κ1) is 17.8. The van der Waals surface area contributed by atoms with E-state index in [0.29, 0.717) is 12.4 Å². The number of hydrogen-bond donors (Lipinski definition) is 0. The summed E-state index contributed by atoms with van der Waals surface area (Å²) in [5.41, 5.74) is 0.719. The molecule has 0 unspecified atom stereocenters. The van der Waals surface area contributed by atoms with Crippen molar-refractivity contribution in [1.29, 1.82) is 0 Å². The third-order valence-corrected chi connectivity index (χ3v) is 4.02. The molecule has 0 aliphatic rings. The van der Waals surface area contributed by atoms with Gasteiger partial charge in [0.25, 0.3) is 0 Å². The summed E-state index contributed by atoms with van der Waals surface area (Å²) in [6, 6.07) is 7.39. The number of ketones is 1. The second kappa shape index (κ2) is 9.61. The highest BCUT2D eigenvalue weighted by molar-refractivity contribution is 8.00. The molecule has 3 nitrogen and oxygen atoms in total. The smallest absolute Gasteiger partial charge is 0.316 e. The molecule has 0 N–H and O–H groups in total. The Kier molecular flexibility index (Phi) is 8.13. The minimum atomic E-state index is -0.182. The van der Waals surface area contributed by atoms with Crippen LogP contribution in [0.4, 0.5) is 0 Å². The lowest BCUT2D eigenvalue weighted by Crippen LogP contribution is -2.08. The minimum Gasteiger partial charge on any atom is -0.465 e. The summed E-state index contributed by atoms with van der Waals surface area (Å²) in [7, 11) is 0. The zero-order valence-electron chi connectivity index (χ0n) is 13.1. The van der Waals surface area contributed by atoms with Crippen LogP contribution in [0.3, 0.4) is 0 Å². The molecule has 0 saturated heterocycles. The summed E-state index contributed by atoms with van der Waals surface area (Å²) < 4.78 is 5.15. The standard InChI is InChI=1S/C17H24O3S/c1-4-5-6-11-20-16(18)12-21-15-9-7-14(8-10-15)17(19)13(2)3/h7-10,13H,4-6,11-12H2,1-3H3. The molecule has 1 aromatic rings. The largest absolute Gasteiger partial charge is 0.465 e. The molecule has 0 bridgehead atoms. The highest BCUT2D eigenvalue weighted by Gasteiger charge is 2.10. The molecule has 21 heavy (non-hydrogen) atoms. The third-order valence-electron chi connectivity index (χ3n) is 3.03. The fraction of sp³-hybridized carbons (Fsp3) is 0.529. The molecule has 0 amide bonds. The molecule has 116 valence electrons. The Labute approximate surface area is 131 Å². The first-order valence-corrected chi connectivity index (χ1v) is 8.45. The van der Waals surface area contributed by atoms with E-state index in [1.165, 1.54) is 11.8 Å². The van der Waals surface area contributed by atoms with Gasteiger partial charge in [-0.15, -0.1) is 11.8 Å². The van der Waals surface area contributed by atoms with E-state index in [0.717, 1.165) is 29.7 Å². The van der Waals surface area contributed by atoms with E-state index in [9.17, 15) is 9.59 Å². The number of hydrogen-bond acceptors (Lipinski definition) is 4. The van der Waals surface area contributed by atoms with Gasteiger partial charge in [0.15, 0.2) is 5.78 Å². The first-order chi connectivity index (χ1) is 10.0. The minimum absolute atomic E-state index is 0.00148. The normalized spacial score (nSPS) is 10.7. The van der Waals surface area contributed by atoms with Gasteiger partial charge in [-0.25, -0.2) is 0 Å². The van der Waals surface area contributed by atoms with Crippen molar-refractivity contribution < 1.29 is 14.3 Å². The number of Topliss-reactive ketones (excluding diaryl/α,β-unsaturated/α-hetero) is 1. The molecule has 0 aliphatic carbocycles. The lowest BCUT2D eigenvalue weighted by Gasteiger charge is -2.06. The van der Waals surface area contributed by atoms with Gasteiger partial charge in [-0.1, -0.05) is 45.7 Å². The van der Waals surface area contributed by atoms with Crippen LogP contribution in [-0.2, 0) is 9.53 Å². The summed E-state index contributed by atoms with van der Waals surface area (Å²) in [5.74, 6) is 0.269. The highest BCUT2D eigenvalue weighted by Crippen LogP contribution is 2.19. The summed E-state index contributed by atoms with van der Waals surface area (Å²) >= 11 is 1.44. The van der Waals surface area contributed by atoms with Crippen molar-refractivity contribution in [3.63, 3.8) is 0 Å². The van der Waals surface area contributed by atoms with Crippen LogP contribution in [0.1, 0.15) is 50.4 Å². The molecule has 0 aromatic heterocycles. The lowest BCUT2D eigenvalue weighted by molar-refractivity contribution is -0.140. The van der Waals surface area contributed by atoms with Gasteiger partial charge < -0.3 is 4.74 Å². The Bertz CT molecular complexity index is 452. The van der Waals surface area contributed by atoms with Crippen molar-refractivity contribution in [2.45, 2.75) is 44.9 Å². The topological polar surface area (TPSA) is 43.4 Å². The third kappa shape index (κ3) is 6.80. The highest BCUT2D eigenvalue weighted by atomic mass is 32.2. The van der Waals surface area contributed by atoms with Crippen LogP contribution in [0, 0.1) is 5.92 Å². The number of esters is 1. The van der Waals surface area contributed by atoms with E-state index in [4.69, 9.17) is 4.74 Å². The monoisotopic (exact) mass is 308 g/mol. The Morgan fingerprint density at radius 1 is 1.14 bits per heavy atom. The lowest BCUT2D eigenvalue weighted by atomic mass is 10.0. The maximum Gasteiger partial charge on any atom is 0.316 e. The molecule has 0 atom stereocenters. The average molecular weight is 308 g/mol. The number of ether oxygens (including phenoxy) is 1. The zero-order valence-corrected chi connectivity index (χ0v) is 13.9. The second-order valence-electron chi connectivity index (χ2n) is 5.26. The number of carbonyl (C=O) groups excluding carboxylic acids is 2. The number of rotatable bonds is 9. The first-order valence-electron chi connectivity index (χ1n) is 7.47. The molecule has 0 radical (unpaired) electrons. The van der Waals surface area contributed by atoms with Gasteiger partial charge in [-0.05, 0) is 18.6 Å². The van der Waals surface area contributed by atoms with Crippen LogP contribution < -0.4 is 0 Å². The van der Waals surface area contributed by atoms with Crippen molar-refractivity contribution in [1.82, 2.24) is 0 Å². The van der Waals surface area contributed by atoms with Crippen LogP contribution in [0.15, 0.2) is 29.2 Å².